The molecule has 0 aliphatic carbocycles. The quantitative estimate of drug-likeness (QED) is 0.851. The fourth-order valence-corrected chi connectivity index (χ4v) is 1.95. The van der Waals surface area contributed by atoms with E-state index in [1.165, 1.54) is 11.8 Å². The summed E-state index contributed by atoms with van der Waals surface area (Å²) < 4.78 is 1.86. The van der Waals surface area contributed by atoms with E-state index < -0.39 is 0 Å². The molecule has 0 fully saturated rings. The van der Waals surface area contributed by atoms with Crippen molar-refractivity contribution in [2.75, 3.05) is 6.54 Å². The maximum atomic E-state index is 5.47. The Hall–Kier alpha value is -1.40. The highest BCUT2D eigenvalue weighted by Crippen LogP contribution is 2.22. The van der Waals surface area contributed by atoms with Gasteiger partial charge in [-0.05, 0) is 36.4 Å². The summed E-state index contributed by atoms with van der Waals surface area (Å²) in [4.78, 5) is 4.34. The van der Waals surface area contributed by atoms with Crippen LogP contribution in [0.2, 0.25) is 0 Å². The summed E-state index contributed by atoms with van der Waals surface area (Å²) in [5, 5.41) is 9.54. The molecule has 2 heterocycles. The lowest BCUT2D eigenvalue weighted by atomic mass is 10.2. The second-order valence-electron chi connectivity index (χ2n) is 3.37. The van der Waals surface area contributed by atoms with Crippen LogP contribution in [-0.2, 0) is 13.5 Å². The molecule has 0 aliphatic heterocycles. The Morgan fingerprint density at radius 3 is 2.88 bits per heavy atom. The predicted octanol–water partition coefficient (Wildman–Crippen LogP) is 0.862. The van der Waals surface area contributed by atoms with Gasteiger partial charge in [0.05, 0.1) is 0 Å². The van der Waals surface area contributed by atoms with Gasteiger partial charge < -0.3 is 10.3 Å². The van der Waals surface area contributed by atoms with Crippen LogP contribution in [0.15, 0.2) is 34.8 Å². The van der Waals surface area contributed by atoms with E-state index in [1.807, 2.05) is 29.9 Å². The monoisotopic (exact) mass is 235 g/mol. The minimum Gasteiger partial charge on any atom is -0.330 e. The topological polar surface area (TPSA) is 69.6 Å². The Labute approximate surface area is 98.1 Å². The van der Waals surface area contributed by atoms with E-state index in [0.717, 1.165) is 22.2 Å². The normalized spacial score (nSPS) is 10.6. The lowest BCUT2D eigenvalue weighted by Gasteiger charge is -2.01. The van der Waals surface area contributed by atoms with Crippen molar-refractivity contribution >= 4 is 11.8 Å². The van der Waals surface area contributed by atoms with Crippen LogP contribution in [0.5, 0.6) is 0 Å². The number of pyridine rings is 1. The van der Waals surface area contributed by atoms with Crippen molar-refractivity contribution in [1.29, 1.82) is 0 Å². The summed E-state index contributed by atoms with van der Waals surface area (Å²) in [5.41, 5.74) is 6.63. The minimum absolute atomic E-state index is 0.650. The highest BCUT2D eigenvalue weighted by atomic mass is 32.2. The zero-order valence-electron chi connectivity index (χ0n) is 9.00. The van der Waals surface area contributed by atoms with Crippen LogP contribution in [0, 0.1) is 0 Å². The number of nitrogens with zero attached hydrogens (tertiary/aromatic N) is 4. The van der Waals surface area contributed by atoms with E-state index in [4.69, 9.17) is 5.73 Å². The molecule has 2 aromatic rings. The Morgan fingerprint density at radius 1 is 1.44 bits per heavy atom. The molecule has 5 nitrogen and oxygen atoms in total. The third-order valence-corrected chi connectivity index (χ3v) is 3.10. The molecule has 0 radical (unpaired) electrons. The molecule has 0 saturated carbocycles. The zero-order valence-corrected chi connectivity index (χ0v) is 9.81. The molecule has 2 aromatic heterocycles. The SMILES string of the molecule is Cn1cnnc1Sc1ccc(CCN)cn1. The van der Waals surface area contributed by atoms with Gasteiger partial charge in [0.2, 0.25) is 0 Å². The predicted molar refractivity (Wildman–Crippen MR) is 62.1 cm³/mol. The first-order chi connectivity index (χ1) is 7.79. The Balaban J connectivity index is 2.08. The van der Waals surface area contributed by atoms with Crippen molar-refractivity contribution in [2.45, 2.75) is 16.6 Å². The molecule has 84 valence electrons. The van der Waals surface area contributed by atoms with Gasteiger partial charge in [-0.3, -0.25) is 0 Å². The molecule has 0 aliphatic rings. The summed E-state index contributed by atoms with van der Waals surface area (Å²) in [6, 6.07) is 4.02. The number of rotatable bonds is 4. The highest BCUT2D eigenvalue weighted by Gasteiger charge is 2.04. The second-order valence-corrected chi connectivity index (χ2v) is 4.36. The van der Waals surface area contributed by atoms with Gasteiger partial charge in [0.15, 0.2) is 5.16 Å². The summed E-state index contributed by atoms with van der Waals surface area (Å²) in [7, 11) is 1.91. The van der Waals surface area contributed by atoms with Crippen molar-refractivity contribution in [1.82, 2.24) is 19.7 Å². The van der Waals surface area contributed by atoms with Crippen molar-refractivity contribution < 1.29 is 0 Å². The van der Waals surface area contributed by atoms with Gasteiger partial charge in [0.1, 0.15) is 11.4 Å². The Bertz CT molecular complexity index is 450. The van der Waals surface area contributed by atoms with Crippen LogP contribution in [-0.4, -0.2) is 26.3 Å². The summed E-state index contributed by atoms with van der Waals surface area (Å²) in [6.45, 7) is 0.650. The van der Waals surface area contributed by atoms with Crippen LogP contribution < -0.4 is 5.73 Å². The molecule has 0 aromatic carbocycles. The fraction of sp³-hybridized carbons (Fsp3) is 0.300. The second kappa shape index (κ2) is 5.09. The van der Waals surface area contributed by atoms with Gasteiger partial charge in [0, 0.05) is 13.2 Å². The number of hydrogen-bond donors (Lipinski definition) is 1. The number of hydrogen-bond acceptors (Lipinski definition) is 5. The molecule has 2 N–H and O–H groups in total. The summed E-state index contributed by atoms with van der Waals surface area (Å²) in [5.74, 6) is 0. The van der Waals surface area contributed by atoms with Gasteiger partial charge >= 0.3 is 0 Å². The van der Waals surface area contributed by atoms with E-state index in [1.54, 1.807) is 6.33 Å². The van der Waals surface area contributed by atoms with E-state index >= 15 is 0 Å². The lowest BCUT2D eigenvalue weighted by Crippen LogP contribution is -2.02. The smallest absolute Gasteiger partial charge is 0.197 e. The molecular weight excluding hydrogens is 222 g/mol. The lowest BCUT2D eigenvalue weighted by molar-refractivity contribution is 0.787. The molecule has 16 heavy (non-hydrogen) atoms. The van der Waals surface area contributed by atoms with Crippen LogP contribution in [0.25, 0.3) is 0 Å². The van der Waals surface area contributed by atoms with Gasteiger partial charge in [-0.1, -0.05) is 6.07 Å². The maximum Gasteiger partial charge on any atom is 0.197 e. The molecule has 0 atom stereocenters. The number of aromatic nitrogens is 4. The van der Waals surface area contributed by atoms with Crippen molar-refractivity contribution in [2.24, 2.45) is 12.8 Å². The van der Waals surface area contributed by atoms with Crippen LogP contribution >= 0.6 is 11.8 Å². The van der Waals surface area contributed by atoms with E-state index in [9.17, 15) is 0 Å². The first-order valence-electron chi connectivity index (χ1n) is 4.96. The van der Waals surface area contributed by atoms with Crippen molar-refractivity contribution in [3.05, 3.63) is 30.2 Å². The molecule has 0 bridgehead atoms. The number of aryl methyl sites for hydroxylation is 1. The fourth-order valence-electron chi connectivity index (χ4n) is 1.24. The first-order valence-corrected chi connectivity index (χ1v) is 5.78. The molecule has 0 unspecified atom stereocenters. The van der Waals surface area contributed by atoms with Crippen LogP contribution in [0.4, 0.5) is 0 Å². The molecule has 6 heteroatoms. The largest absolute Gasteiger partial charge is 0.330 e. The standard InChI is InChI=1S/C10H13N5S/c1-15-7-13-14-10(15)16-9-3-2-8(4-5-11)6-12-9/h2-3,6-7H,4-5,11H2,1H3. The molecule has 0 saturated heterocycles. The molecular formula is C10H13N5S. The maximum absolute atomic E-state index is 5.47. The van der Waals surface area contributed by atoms with Crippen molar-refractivity contribution in [3.8, 4) is 0 Å². The van der Waals surface area contributed by atoms with E-state index in [-0.39, 0.29) is 0 Å². The molecule has 0 spiro atoms. The van der Waals surface area contributed by atoms with Gasteiger partial charge in [0.25, 0.3) is 0 Å². The Kier molecular flexibility index (Phi) is 3.53. The average Bonchev–Trinajstić information content (AvgIpc) is 2.68. The Morgan fingerprint density at radius 2 is 2.31 bits per heavy atom. The van der Waals surface area contributed by atoms with E-state index in [0.29, 0.717) is 6.54 Å². The third kappa shape index (κ3) is 2.59. The molecule has 0 amide bonds. The number of nitrogens with two attached hydrogens (primary N) is 1. The van der Waals surface area contributed by atoms with Crippen molar-refractivity contribution in [3.63, 3.8) is 0 Å². The summed E-state index contributed by atoms with van der Waals surface area (Å²) >= 11 is 1.49. The van der Waals surface area contributed by atoms with Crippen LogP contribution in [0.3, 0.4) is 0 Å². The highest BCUT2D eigenvalue weighted by molar-refractivity contribution is 7.99. The van der Waals surface area contributed by atoms with Gasteiger partial charge in [-0.2, -0.15) is 0 Å². The summed E-state index contributed by atoms with van der Waals surface area (Å²) in [6.07, 6.45) is 4.39. The van der Waals surface area contributed by atoms with Gasteiger partial charge in [-0.15, -0.1) is 10.2 Å². The third-order valence-electron chi connectivity index (χ3n) is 2.10. The first kappa shape index (κ1) is 11.1. The van der Waals surface area contributed by atoms with E-state index in [2.05, 4.69) is 15.2 Å². The van der Waals surface area contributed by atoms with Gasteiger partial charge in [-0.25, -0.2) is 4.98 Å². The molecule has 2 rings (SSSR count). The van der Waals surface area contributed by atoms with Crippen LogP contribution in [0.1, 0.15) is 5.56 Å². The zero-order chi connectivity index (χ0) is 11.4. The minimum atomic E-state index is 0.650. The average molecular weight is 235 g/mol.